The van der Waals surface area contributed by atoms with Crippen LogP contribution in [0.2, 0.25) is 0 Å². The van der Waals surface area contributed by atoms with Crippen molar-refractivity contribution in [2.45, 2.75) is 26.2 Å². The summed E-state index contributed by atoms with van der Waals surface area (Å²) in [5.74, 6) is -0.275. The van der Waals surface area contributed by atoms with E-state index >= 15 is 0 Å². The van der Waals surface area contributed by atoms with E-state index in [4.69, 9.17) is 5.73 Å². The summed E-state index contributed by atoms with van der Waals surface area (Å²) >= 11 is 0. The molecule has 0 aliphatic carbocycles. The molecule has 114 valence electrons. The number of alkyl halides is 3. The van der Waals surface area contributed by atoms with Gasteiger partial charge in [-0.2, -0.15) is 13.2 Å². The van der Waals surface area contributed by atoms with Gasteiger partial charge in [-0.3, -0.25) is 0 Å². The molecule has 1 aliphatic heterocycles. The van der Waals surface area contributed by atoms with E-state index in [0.717, 1.165) is 10.1 Å². The van der Waals surface area contributed by atoms with Gasteiger partial charge in [-0.25, -0.2) is 4.99 Å². The van der Waals surface area contributed by atoms with E-state index in [2.05, 4.69) is 21.8 Å². The Bertz CT molecular complexity index is 599. The average molecular weight is 300 g/mol. The van der Waals surface area contributed by atoms with Gasteiger partial charge in [0.2, 0.25) is 5.82 Å². The first-order valence-corrected chi connectivity index (χ1v) is 6.18. The molecule has 0 fully saturated rings. The number of fused-ring (bicyclic) bond motifs is 1. The predicted molar refractivity (Wildman–Crippen MR) is 71.0 cm³/mol. The van der Waals surface area contributed by atoms with Crippen LogP contribution < -0.4 is 5.73 Å². The molecule has 0 amide bonds. The zero-order valence-electron chi connectivity index (χ0n) is 11.4. The second-order valence-electron chi connectivity index (χ2n) is 4.60. The largest absolute Gasteiger partial charge is 0.451 e. The fourth-order valence-corrected chi connectivity index (χ4v) is 1.89. The van der Waals surface area contributed by atoms with Gasteiger partial charge in [0.05, 0.1) is 6.54 Å². The van der Waals surface area contributed by atoms with Crippen LogP contribution in [0.15, 0.2) is 29.2 Å². The molecule has 0 bridgehead atoms. The Kier molecular flexibility index (Phi) is 4.01. The lowest BCUT2D eigenvalue weighted by molar-refractivity contribution is -0.147. The minimum atomic E-state index is -4.49. The third-order valence-corrected chi connectivity index (χ3v) is 3.05. The van der Waals surface area contributed by atoms with Crippen LogP contribution >= 0.6 is 0 Å². The fourth-order valence-electron chi connectivity index (χ4n) is 1.89. The maximum Gasteiger partial charge on any atom is 0.451 e. The van der Waals surface area contributed by atoms with Crippen LogP contribution in [-0.2, 0) is 19.3 Å². The zero-order chi connectivity index (χ0) is 15.6. The number of rotatable bonds is 3. The van der Waals surface area contributed by atoms with Crippen molar-refractivity contribution in [2.24, 2.45) is 10.7 Å². The van der Waals surface area contributed by atoms with E-state index in [1.807, 2.05) is 0 Å². The Morgan fingerprint density at radius 2 is 2.10 bits per heavy atom. The maximum atomic E-state index is 12.7. The van der Waals surface area contributed by atoms with Crippen molar-refractivity contribution >= 4 is 6.21 Å². The first kappa shape index (κ1) is 15.1. The smallest absolute Gasteiger partial charge is 0.404 e. The van der Waals surface area contributed by atoms with E-state index < -0.39 is 12.0 Å². The topological polar surface area (TPSA) is 72.3 Å². The molecule has 0 saturated heterocycles. The molecule has 2 heterocycles. The summed E-state index contributed by atoms with van der Waals surface area (Å²) in [6.07, 6.45) is -1.55. The van der Waals surface area contributed by atoms with Gasteiger partial charge in [-0.1, -0.05) is 6.58 Å². The Labute approximate surface area is 119 Å². The van der Waals surface area contributed by atoms with Gasteiger partial charge >= 0.3 is 6.18 Å². The lowest BCUT2D eigenvalue weighted by atomic mass is 10.3. The van der Waals surface area contributed by atoms with Gasteiger partial charge < -0.3 is 15.2 Å². The fraction of sp³-hybridized carbons (Fsp3) is 0.417. The van der Waals surface area contributed by atoms with Crippen molar-refractivity contribution in [3.8, 4) is 0 Å². The molecule has 0 atom stereocenters. The lowest BCUT2D eigenvalue weighted by Gasteiger charge is -2.29. The summed E-state index contributed by atoms with van der Waals surface area (Å²) in [4.78, 5) is 5.87. The number of halogens is 3. The highest BCUT2D eigenvalue weighted by molar-refractivity contribution is 5.78. The van der Waals surface area contributed by atoms with Crippen LogP contribution in [-0.4, -0.2) is 32.4 Å². The SMILES string of the molecule is C=C(/N=C\C(C)=C/N)N1CCn2c(nnc2C(F)(F)F)C1. The summed E-state index contributed by atoms with van der Waals surface area (Å²) in [5.41, 5.74) is 6.08. The standard InChI is InChI=1S/C12H15F3N6/c1-8(5-16)6-17-9(2)20-3-4-21-10(7-20)18-19-11(21)12(13,14)15/h5-6H,2-4,7,16H2,1H3/b8-5-,17-6-. The van der Waals surface area contributed by atoms with Gasteiger partial charge in [0.15, 0.2) is 5.82 Å². The molecule has 0 radical (unpaired) electrons. The number of aliphatic imine (C=N–C) groups is 1. The average Bonchev–Trinajstić information content (AvgIpc) is 2.87. The number of aromatic nitrogens is 3. The molecule has 2 N–H and O–H groups in total. The number of allylic oxidation sites excluding steroid dienone is 1. The minimum Gasteiger partial charge on any atom is -0.404 e. The number of hydrogen-bond acceptors (Lipinski definition) is 5. The number of nitrogens with two attached hydrogens (primary N) is 1. The lowest BCUT2D eigenvalue weighted by Crippen LogP contribution is -2.34. The van der Waals surface area contributed by atoms with Crippen LogP contribution in [0.3, 0.4) is 0 Å². The molecule has 21 heavy (non-hydrogen) atoms. The van der Waals surface area contributed by atoms with Crippen molar-refractivity contribution in [3.63, 3.8) is 0 Å². The third-order valence-electron chi connectivity index (χ3n) is 3.05. The number of hydrogen-bond donors (Lipinski definition) is 1. The van der Waals surface area contributed by atoms with Crippen molar-refractivity contribution in [1.29, 1.82) is 0 Å². The van der Waals surface area contributed by atoms with E-state index in [9.17, 15) is 13.2 Å². The molecular formula is C12H15F3N6. The Balaban J connectivity index is 2.12. The normalized spacial score (nSPS) is 16.4. The van der Waals surface area contributed by atoms with Crippen LogP contribution in [0, 0.1) is 0 Å². The Hall–Kier alpha value is -2.32. The third kappa shape index (κ3) is 3.23. The maximum absolute atomic E-state index is 12.7. The summed E-state index contributed by atoms with van der Waals surface area (Å²) in [7, 11) is 0. The zero-order valence-corrected chi connectivity index (χ0v) is 11.4. The van der Waals surface area contributed by atoms with E-state index in [1.165, 1.54) is 6.20 Å². The van der Waals surface area contributed by atoms with Gasteiger partial charge in [0.1, 0.15) is 5.82 Å². The second-order valence-corrected chi connectivity index (χ2v) is 4.60. The summed E-state index contributed by atoms with van der Waals surface area (Å²) < 4.78 is 39.2. The molecule has 9 heteroatoms. The highest BCUT2D eigenvalue weighted by Crippen LogP contribution is 2.29. The van der Waals surface area contributed by atoms with E-state index in [0.29, 0.717) is 12.4 Å². The minimum absolute atomic E-state index is 0.136. The molecule has 0 aromatic carbocycles. The van der Waals surface area contributed by atoms with Gasteiger partial charge in [-0.15, -0.1) is 10.2 Å². The van der Waals surface area contributed by atoms with Gasteiger partial charge in [0, 0.05) is 19.3 Å². The Morgan fingerprint density at radius 3 is 2.71 bits per heavy atom. The summed E-state index contributed by atoms with van der Waals surface area (Å²) in [6.45, 7) is 6.25. The second kappa shape index (κ2) is 5.58. The first-order valence-electron chi connectivity index (χ1n) is 6.18. The van der Waals surface area contributed by atoms with Crippen molar-refractivity contribution in [3.05, 3.63) is 35.8 Å². The van der Waals surface area contributed by atoms with Crippen molar-refractivity contribution in [2.75, 3.05) is 6.54 Å². The Morgan fingerprint density at radius 1 is 1.38 bits per heavy atom. The molecule has 1 aliphatic rings. The van der Waals surface area contributed by atoms with Crippen molar-refractivity contribution in [1.82, 2.24) is 19.7 Å². The predicted octanol–water partition coefficient (Wildman–Crippen LogP) is 1.52. The van der Waals surface area contributed by atoms with Crippen LogP contribution in [0.5, 0.6) is 0 Å². The highest BCUT2D eigenvalue weighted by Gasteiger charge is 2.39. The summed E-state index contributed by atoms with van der Waals surface area (Å²) in [6, 6.07) is 0. The van der Waals surface area contributed by atoms with Crippen LogP contribution in [0.4, 0.5) is 13.2 Å². The first-order chi connectivity index (χ1) is 9.82. The van der Waals surface area contributed by atoms with Crippen molar-refractivity contribution < 1.29 is 13.2 Å². The van der Waals surface area contributed by atoms with Gasteiger partial charge in [0.25, 0.3) is 0 Å². The van der Waals surface area contributed by atoms with Crippen LogP contribution in [0.1, 0.15) is 18.6 Å². The van der Waals surface area contributed by atoms with E-state index in [-0.39, 0.29) is 18.9 Å². The van der Waals surface area contributed by atoms with E-state index in [1.54, 1.807) is 18.0 Å². The number of nitrogens with zero attached hydrogens (tertiary/aromatic N) is 5. The molecule has 2 rings (SSSR count). The van der Waals surface area contributed by atoms with Gasteiger partial charge in [-0.05, 0) is 18.7 Å². The van der Waals surface area contributed by atoms with Crippen LogP contribution in [0.25, 0.3) is 0 Å². The quantitative estimate of drug-likeness (QED) is 0.859. The molecule has 6 nitrogen and oxygen atoms in total. The molecule has 0 spiro atoms. The highest BCUT2D eigenvalue weighted by atomic mass is 19.4. The molecule has 0 unspecified atom stereocenters. The molecule has 1 aromatic rings. The molecule has 0 saturated carbocycles. The molecule has 1 aromatic heterocycles. The molecular weight excluding hydrogens is 285 g/mol. The summed E-state index contributed by atoms with van der Waals surface area (Å²) in [5, 5.41) is 6.81. The monoisotopic (exact) mass is 300 g/mol.